The third-order valence-electron chi connectivity index (χ3n) is 3.73. The van der Waals surface area contributed by atoms with Gasteiger partial charge in [0.25, 0.3) is 0 Å². The fourth-order valence-corrected chi connectivity index (χ4v) is 2.81. The zero-order valence-electron chi connectivity index (χ0n) is 10.5. The van der Waals surface area contributed by atoms with Crippen LogP contribution in [-0.2, 0) is 14.4 Å². The smallest absolute Gasteiger partial charge is 0.304 e. The number of piperidine rings is 2. The average Bonchev–Trinajstić information content (AvgIpc) is 2.26. The zero-order valence-corrected chi connectivity index (χ0v) is 10.5. The van der Waals surface area contributed by atoms with Crippen LogP contribution in [0.3, 0.4) is 0 Å². The van der Waals surface area contributed by atoms with Gasteiger partial charge >= 0.3 is 5.97 Å². The Morgan fingerprint density at radius 3 is 2.22 bits per heavy atom. The summed E-state index contributed by atoms with van der Waals surface area (Å²) in [6.07, 6.45) is 0.101. The summed E-state index contributed by atoms with van der Waals surface area (Å²) in [5.74, 6) is -0.858. The lowest BCUT2D eigenvalue weighted by Gasteiger charge is -2.44. The third kappa shape index (κ3) is 2.69. The second-order valence-electron chi connectivity index (χ2n) is 5.12. The highest BCUT2D eigenvalue weighted by Gasteiger charge is 2.41. The summed E-state index contributed by atoms with van der Waals surface area (Å²) in [6.45, 7) is 4.12. The molecule has 2 fully saturated rings. The van der Waals surface area contributed by atoms with E-state index in [1.165, 1.54) is 6.92 Å². The van der Waals surface area contributed by atoms with E-state index < -0.39 is 5.97 Å². The number of ketones is 1. The van der Waals surface area contributed by atoms with Gasteiger partial charge < -0.3 is 14.9 Å². The van der Waals surface area contributed by atoms with Crippen LogP contribution in [0.15, 0.2) is 0 Å². The molecule has 2 rings (SSSR count). The Morgan fingerprint density at radius 1 is 1.22 bits per heavy atom. The molecule has 2 saturated heterocycles. The molecule has 2 unspecified atom stereocenters. The van der Waals surface area contributed by atoms with E-state index in [2.05, 4.69) is 0 Å². The van der Waals surface area contributed by atoms with Crippen LogP contribution < -0.4 is 0 Å². The molecule has 2 heterocycles. The highest BCUT2D eigenvalue weighted by atomic mass is 16.4. The van der Waals surface area contributed by atoms with E-state index in [-0.39, 0.29) is 29.9 Å². The average molecular weight is 254 g/mol. The Morgan fingerprint density at radius 2 is 1.78 bits per heavy atom. The van der Waals surface area contributed by atoms with Crippen LogP contribution in [0.2, 0.25) is 0 Å². The standard InChI is InChI=1S/C12H18N2O4/c1-8(15)14-6-9-4-13(3-2-11(16)17)5-10(7-14)12(9)18/h9-10H,2-7H2,1H3,(H,16,17). The van der Waals surface area contributed by atoms with Crippen molar-refractivity contribution >= 4 is 17.7 Å². The van der Waals surface area contributed by atoms with E-state index in [0.29, 0.717) is 32.7 Å². The second-order valence-corrected chi connectivity index (χ2v) is 5.12. The molecule has 2 bridgehead atoms. The molecule has 0 saturated carbocycles. The highest BCUT2D eigenvalue weighted by Crippen LogP contribution is 2.25. The van der Waals surface area contributed by atoms with Crippen molar-refractivity contribution in [1.82, 2.24) is 9.80 Å². The molecule has 0 radical (unpaired) electrons. The van der Waals surface area contributed by atoms with Gasteiger partial charge in [-0.15, -0.1) is 0 Å². The second kappa shape index (κ2) is 5.06. The molecule has 100 valence electrons. The Balaban J connectivity index is 1.97. The lowest BCUT2D eigenvalue weighted by Crippen LogP contribution is -2.59. The van der Waals surface area contributed by atoms with Gasteiger partial charge in [0.2, 0.25) is 5.91 Å². The summed E-state index contributed by atoms with van der Waals surface area (Å²) in [4.78, 5) is 37.6. The molecule has 6 nitrogen and oxygen atoms in total. The van der Waals surface area contributed by atoms with E-state index in [1.807, 2.05) is 4.90 Å². The van der Waals surface area contributed by atoms with Crippen LogP contribution in [0.4, 0.5) is 0 Å². The molecule has 6 heteroatoms. The van der Waals surface area contributed by atoms with E-state index in [0.717, 1.165) is 0 Å². The van der Waals surface area contributed by atoms with Gasteiger partial charge in [-0.3, -0.25) is 14.4 Å². The first kappa shape index (κ1) is 13.0. The highest BCUT2D eigenvalue weighted by molar-refractivity contribution is 5.88. The van der Waals surface area contributed by atoms with Crippen molar-refractivity contribution in [2.45, 2.75) is 13.3 Å². The largest absolute Gasteiger partial charge is 0.481 e. The van der Waals surface area contributed by atoms with Gasteiger partial charge in [-0.05, 0) is 0 Å². The summed E-state index contributed by atoms with van der Waals surface area (Å²) >= 11 is 0. The predicted molar refractivity (Wildman–Crippen MR) is 62.9 cm³/mol. The first-order valence-electron chi connectivity index (χ1n) is 6.20. The summed E-state index contributed by atoms with van der Waals surface area (Å²) in [7, 11) is 0. The van der Waals surface area contributed by atoms with Crippen LogP contribution in [0, 0.1) is 11.8 Å². The summed E-state index contributed by atoms with van der Waals surface area (Å²) in [5, 5.41) is 8.67. The molecule has 0 spiro atoms. The molecule has 1 N–H and O–H groups in total. The quantitative estimate of drug-likeness (QED) is 0.730. The first-order chi connectivity index (χ1) is 8.47. The molecule has 0 aliphatic carbocycles. The number of carboxylic acid groups (broad SMARTS) is 1. The van der Waals surface area contributed by atoms with Crippen molar-refractivity contribution in [3.8, 4) is 0 Å². The molecule has 2 aliphatic rings. The molecule has 0 aromatic carbocycles. The number of carboxylic acids is 1. The van der Waals surface area contributed by atoms with Gasteiger partial charge in [-0.2, -0.15) is 0 Å². The lowest BCUT2D eigenvalue weighted by molar-refractivity contribution is -0.144. The Kier molecular flexibility index (Phi) is 3.65. The number of hydrogen-bond acceptors (Lipinski definition) is 4. The number of aliphatic carboxylic acids is 1. The Hall–Kier alpha value is -1.43. The normalized spacial score (nSPS) is 28.3. The number of amides is 1. The monoisotopic (exact) mass is 254 g/mol. The fraction of sp³-hybridized carbons (Fsp3) is 0.750. The number of fused-ring (bicyclic) bond motifs is 2. The van der Waals surface area contributed by atoms with Gasteiger partial charge in [0.1, 0.15) is 5.78 Å². The maximum absolute atomic E-state index is 12.0. The lowest BCUT2D eigenvalue weighted by atomic mass is 9.83. The number of carbonyl (C=O) groups excluding carboxylic acids is 2. The molecule has 18 heavy (non-hydrogen) atoms. The molecular weight excluding hydrogens is 236 g/mol. The number of carbonyl (C=O) groups is 3. The van der Waals surface area contributed by atoms with Crippen LogP contribution >= 0.6 is 0 Å². The van der Waals surface area contributed by atoms with E-state index in [9.17, 15) is 14.4 Å². The minimum Gasteiger partial charge on any atom is -0.481 e. The van der Waals surface area contributed by atoms with Crippen molar-refractivity contribution in [2.75, 3.05) is 32.7 Å². The van der Waals surface area contributed by atoms with Crippen LogP contribution in [0.1, 0.15) is 13.3 Å². The van der Waals surface area contributed by atoms with Gasteiger partial charge in [0.05, 0.1) is 6.42 Å². The molecule has 2 aliphatic heterocycles. The van der Waals surface area contributed by atoms with Gasteiger partial charge in [0, 0.05) is 51.5 Å². The maximum atomic E-state index is 12.0. The number of likely N-dealkylation sites (tertiary alicyclic amines) is 2. The van der Waals surface area contributed by atoms with Crippen molar-refractivity contribution in [3.05, 3.63) is 0 Å². The number of rotatable bonds is 3. The Bertz CT molecular complexity index is 364. The van der Waals surface area contributed by atoms with Crippen molar-refractivity contribution in [3.63, 3.8) is 0 Å². The molecular formula is C12H18N2O4. The molecule has 2 atom stereocenters. The first-order valence-corrected chi connectivity index (χ1v) is 6.20. The molecule has 0 aromatic rings. The molecule has 1 amide bonds. The SMILES string of the molecule is CC(=O)N1CC2CN(CCC(=O)O)CC(C1)C2=O. The van der Waals surface area contributed by atoms with E-state index in [4.69, 9.17) is 5.11 Å². The van der Waals surface area contributed by atoms with Crippen molar-refractivity contribution < 1.29 is 19.5 Å². The van der Waals surface area contributed by atoms with Crippen molar-refractivity contribution in [1.29, 1.82) is 0 Å². The number of Topliss-reactive ketones (excluding diaryl/α,β-unsaturated/α-hetero) is 1. The van der Waals surface area contributed by atoms with Crippen LogP contribution in [0.25, 0.3) is 0 Å². The van der Waals surface area contributed by atoms with Gasteiger partial charge in [-0.25, -0.2) is 0 Å². The Labute approximate surface area is 106 Å². The van der Waals surface area contributed by atoms with Gasteiger partial charge in [0.15, 0.2) is 0 Å². The molecule has 0 aromatic heterocycles. The summed E-state index contributed by atoms with van der Waals surface area (Å²) < 4.78 is 0. The van der Waals surface area contributed by atoms with E-state index >= 15 is 0 Å². The van der Waals surface area contributed by atoms with Crippen molar-refractivity contribution in [2.24, 2.45) is 11.8 Å². The number of nitrogens with zero attached hydrogens (tertiary/aromatic N) is 2. The van der Waals surface area contributed by atoms with Crippen LogP contribution in [0.5, 0.6) is 0 Å². The minimum absolute atomic E-state index is 0.0106. The predicted octanol–water partition coefficient (Wildman–Crippen LogP) is -0.560. The zero-order chi connectivity index (χ0) is 13.3. The summed E-state index contributed by atoms with van der Waals surface area (Å²) in [5.41, 5.74) is 0. The van der Waals surface area contributed by atoms with Crippen LogP contribution in [-0.4, -0.2) is 65.3 Å². The topological polar surface area (TPSA) is 77.9 Å². The maximum Gasteiger partial charge on any atom is 0.304 e. The van der Waals surface area contributed by atoms with E-state index in [1.54, 1.807) is 4.90 Å². The summed E-state index contributed by atoms with van der Waals surface area (Å²) in [6, 6.07) is 0. The minimum atomic E-state index is -0.817. The van der Waals surface area contributed by atoms with Gasteiger partial charge in [-0.1, -0.05) is 0 Å². The fourth-order valence-electron chi connectivity index (χ4n) is 2.81. The third-order valence-corrected chi connectivity index (χ3v) is 3.73. The number of hydrogen-bond donors (Lipinski definition) is 1.